The summed E-state index contributed by atoms with van der Waals surface area (Å²) in [6, 6.07) is 39.4. The van der Waals surface area contributed by atoms with E-state index < -0.39 is 24.1 Å². The quantitative estimate of drug-likeness (QED) is 0.0897. The van der Waals surface area contributed by atoms with Crippen LogP contribution in [0.15, 0.2) is 133 Å². The summed E-state index contributed by atoms with van der Waals surface area (Å²) in [5.74, 6) is -1.69. The van der Waals surface area contributed by atoms with E-state index in [-0.39, 0.29) is 43.5 Å². The van der Waals surface area contributed by atoms with Crippen LogP contribution in [0.4, 0.5) is 4.79 Å². The lowest BCUT2D eigenvalue weighted by Gasteiger charge is -2.19. The number of ketones is 1. The van der Waals surface area contributed by atoms with E-state index in [2.05, 4.69) is 17.4 Å². The van der Waals surface area contributed by atoms with E-state index in [0.29, 0.717) is 11.1 Å². The third-order valence-corrected chi connectivity index (χ3v) is 8.20. The molecule has 1 N–H and O–H groups in total. The summed E-state index contributed by atoms with van der Waals surface area (Å²) in [6.07, 6.45) is -0.514. The zero-order valence-electron chi connectivity index (χ0n) is 26.0. The molecule has 0 aromatic heterocycles. The lowest BCUT2D eigenvalue weighted by molar-refractivity contribution is -0.147. The van der Waals surface area contributed by atoms with Gasteiger partial charge in [0, 0.05) is 17.9 Å². The highest BCUT2D eigenvalue weighted by Crippen LogP contribution is 2.44. The number of alkyl carbamates (subject to hydrolysis) is 1. The zero-order valence-corrected chi connectivity index (χ0v) is 26.0. The van der Waals surface area contributed by atoms with Crippen molar-refractivity contribution in [3.05, 3.63) is 167 Å². The minimum absolute atomic E-state index is 0.0850. The van der Waals surface area contributed by atoms with Gasteiger partial charge in [0.2, 0.25) is 0 Å². The van der Waals surface area contributed by atoms with Crippen molar-refractivity contribution in [3.8, 4) is 11.1 Å². The number of carbonyl (C=O) groups is 4. The maximum Gasteiger partial charge on any atom is 0.407 e. The second-order valence-corrected chi connectivity index (χ2v) is 11.4. The highest BCUT2D eigenvalue weighted by atomic mass is 16.6. The minimum Gasteiger partial charge on any atom is -0.459 e. The maximum absolute atomic E-state index is 13.3. The van der Waals surface area contributed by atoms with Gasteiger partial charge in [-0.2, -0.15) is 0 Å². The molecule has 8 heteroatoms. The van der Waals surface area contributed by atoms with Crippen molar-refractivity contribution in [2.45, 2.75) is 25.0 Å². The third kappa shape index (κ3) is 7.67. The van der Waals surface area contributed by atoms with Crippen molar-refractivity contribution in [1.29, 1.82) is 0 Å². The Bertz CT molecular complexity index is 1860. The molecule has 0 spiro atoms. The van der Waals surface area contributed by atoms with Gasteiger partial charge in [-0.3, -0.25) is 4.79 Å². The average Bonchev–Trinajstić information content (AvgIpc) is 3.46. The van der Waals surface area contributed by atoms with Gasteiger partial charge in [-0.05, 0) is 45.5 Å². The van der Waals surface area contributed by atoms with Crippen LogP contribution in [0.5, 0.6) is 0 Å². The fraction of sp³-hybridized carbons (Fsp3) is 0.150. The Morgan fingerprint density at radius 2 is 1.17 bits per heavy atom. The molecule has 5 aromatic rings. The summed E-state index contributed by atoms with van der Waals surface area (Å²) >= 11 is 0. The molecule has 1 atom stereocenters. The number of fused-ring (bicyclic) bond motifs is 3. The van der Waals surface area contributed by atoms with Gasteiger partial charge < -0.3 is 19.5 Å². The van der Waals surface area contributed by atoms with E-state index in [0.717, 1.165) is 27.8 Å². The lowest BCUT2D eigenvalue weighted by Crippen LogP contribution is -2.43. The molecule has 0 bridgehead atoms. The lowest BCUT2D eigenvalue weighted by atomic mass is 9.98. The molecule has 1 aliphatic carbocycles. The monoisotopic (exact) mass is 639 g/mol. The number of benzene rings is 5. The first-order valence-corrected chi connectivity index (χ1v) is 15.6. The van der Waals surface area contributed by atoms with Crippen molar-refractivity contribution in [2.24, 2.45) is 0 Å². The van der Waals surface area contributed by atoms with Crippen molar-refractivity contribution >= 4 is 23.8 Å². The van der Waals surface area contributed by atoms with E-state index in [9.17, 15) is 19.2 Å². The molecule has 0 heterocycles. The van der Waals surface area contributed by atoms with Crippen LogP contribution in [-0.2, 0) is 32.0 Å². The molecule has 0 saturated carbocycles. The first-order chi connectivity index (χ1) is 23.5. The SMILES string of the molecule is O=C(N[C@@H](Cc1ccccc1)C(=O)OCc1ccc(C(=O)OCC(=O)c2ccccc2)cc1)OCC1c2ccccc2-c2ccccc21. The minimum atomic E-state index is -1.00. The first-order valence-electron chi connectivity index (χ1n) is 15.6. The number of ether oxygens (including phenoxy) is 3. The molecule has 1 aliphatic rings. The number of carbonyl (C=O) groups excluding carboxylic acids is 4. The van der Waals surface area contributed by atoms with Crippen LogP contribution < -0.4 is 5.32 Å². The Morgan fingerprint density at radius 3 is 1.81 bits per heavy atom. The van der Waals surface area contributed by atoms with Crippen molar-refractivity contribution in [2.75, 3.05) is 13.2 Å². The number of nitrogens with one attached hydrogen (secondary N) is 1. The Balaban J connectivity index is 1.05. The number of Topliss-reactive ketones (excluding diaryl/α,β-unsaturated/α-hetero) is 1. The Morgan fingerprint density at radius 1 is 0.583 bits per heavy atom. The number of hydrogen-bond donors (Lipinski definition) is 1. The van der Waals surface area contributed by atoms with Crippen LogP contribution in [0.2, 0.25) is 0 Å². The topological polar surface area (TPSA) is 108 Å². The molecule has 6 rings (SSSR count). The molecule has 0 unspecified atom stereocenters. The van der Waals surface area contributed by atoms with Gasteiger partial charge in [-0.25, -0.2) is 14.4 Å². The number of amides is 1. The summed E-state index contributed by atoms with van der Waals surface area (Å²) in [5.41, 5.74) is 6.60. The van der Waals surface area contributed by atoms with E-state index >= 15 is 0 Å². The molecule has 0 aliphatic heterocycles. The van der Waals surface area contributed by atoms with Gasteiger partial charge in [-0.15, -0.1) is 0 Å². The fourth-order valence-electron chi connectivity index (χ4n) is 5.74. The summed E-state index contributed by atoms with van der Waals surface area (Å²) in [4.78, 5) is 51.1. The van der Waals surface area contributed by atoms with E-state index in [1.165, 1.54) is 12.1 Å². The van der Waals surface area contributed by atoms with Crippen LogP contribution >= 0.6 is 0 Å². The van der Waals surface area contributed by atoms with Gasteiger partial charge in [0.1, 0.15) is 19.3 Å². The van der Waals surface area contributed by atoms with Crippen LogP contribution in [0, 0.1) is 0 Å². The van der Waals surface area contributed by atoms with Gasteiger partial charge in [0.25, 0.3) is 0 Å². The third-order valence-electron chi connectivity index (χ3n) is 8.20. The van der Waals surface area contributed by atoms with Gasteiger partial charge in [0.15, 0.2) is 12.4 Å². The second-order valence-electron chi connectivity index (χ2n) is 11.4. The largest absolute Gasteiger partial charge is 0.459 e. The summed E-state index contributed by atoms with van der Waals surface area (Å²) < 4.78 is 16.5. The molecule has 5 aromatic carbocycles. The van der Waals surface area contributed by atoms with Crippen LogP contribution in [0.3, 0.4) is 0 Å². The van der Waals surface area contributed by atoms with Crippen molar-refractivity contribution < 1.29 is 33.4 Å². The predicted molar refractivity (Wildman–Crippen MR) is 179 cm³/mol. The van der Waals surface area contributed by atoms with Crippen LogP contribution in [0.1, 0.15) is 48.9 Å². The normalized spacial score (nSPS) is 12.2. The van der Waals surface area contributed by atoms with Gasteiger partial charge >= 0.3 is 18.0 Å². The predicted octanol–water partition coefficient (Wildman–Crippen LogP) is 6.92. The molecule has 0 radical (unpaired) electrons. The van der Waals surface area contributed by atoms with Gasteiger partial charge in [0.05, 0.1) is 5.56 Å². The second kappa shape index (κ2) is 15.0. The molecular weight excluding hydrogens is 606 g/mol. The highest BCUT2D eigenvalue weighted by molar-refractivity contribution is 5.99. The van der Waals surface area contributed by atoms with Crippen LogP contribution in [0.25, 0.3) is 11.1 Å². The zero-order chi connectivity index (χ0) is 33.3. The number of rotatable bonds is 12. The molecule has 0 fully saturated rings. The van der Waals surface area contributed by atoms with Gasteiger partial charge in [-0.1, -0.05) is 121 Å². The first kappa shape index (κ1) is 31.9. The number of esters is 2. The van der Waals surface area contributed by atoms with E-state index in [1.54, 1.807) is 42.5 Å². The molecular formula is C40H33NO7. The average molecular weight is 640 g/mol. The molecule has 1 amide bonds. The smallest absolute Gasteiger partial charge is 0.407 e. The fourth-order valence-corrected chi connectivity index (χ4v) is 5.74. The van der Waals surface area contributed by atoms with Crippen LogP contribution in [-0.4, -0.2) is 43.1 Å². The number of hydrogen-bond acceptors (Lipinski definition) is 7. The summed E-state index contributed by atoms with van der Waals surface area (Å²) in [5, 5.41) is 2.71. The molecule has 48 heavy (non-hydrogen) atoms. The Kier molecular flexibility index (Phi) is 10.0. The summed E-state index contributed by atoms with van der Waals surface area (Å²) in [6.45, 7) is -0.345. The Labute approximate surface area is 278 Å². The summed E-state index contributed by atoms with van der Waals surface area (Å²) in [7, 11) is 0. The van der Waals surface area contributed by atoms with Crippen molar-refractivity contribution in [1.82, 2.24) is 5.32 Å². The van der Waals surface area contributed by atoms with E-state index in [1.807, 2.05) is 66.7 Å². The molecule has 8 nitrogen and oxygen atoms in total. The van der Waals surface area contributed by atoms with Crippen molar-refractivity contribution in [3.63, 3.8) is 0 Å². The molecule has 240 valence electrons. The maximum atomic E-state index is 13.3. The Hall–Kier alpha value is -6.02. The standard InChI is InChI=1S/C40H33NO7/c42-37(29-13-5-2-6-14-29)26-47-38(43)30-21-19-28(20-22-30)24-46-39(44)36(23-27-11-3-1-4-12-27)41-40(45)48-25-35-33-17-9-7-15-31(33)32-16-8-10-18-34(32)35/h1-22,35-36H,23-26H2,(H,41,45)/t36-/m0/s1. The highest BCUT2D eigenvalue weighted by Gasteiger charge is 2.30. The van der Waals surface area contributed by atoms with E-state index in [4.69, 9.17) is 14.2 Å². The molecule has 0 saturated heterocycles.